The first-order chi connectivity index (χ1) is 18.8. The van der Waals surface area contributed by atoms with Crippen molar-refractivity contribution in [1.29, 1.82) is 0 Å². The van der Waals surface area contributed by atoms with E-state index in [0.717, 1.165) is 59.9 Å². The molecule has 5 rings (SSSR count). The molecule has 208 valence electrons. The van der Waals surface area contributed by atoms with E-state index in [4.69, 9.17) is 20.4 Å². The minimum atomic E-state index is -0.883. The Kier molecular flexibility index (Phi) is 8.25. The van der Waals surface area contributed by atoms with Gasteiger partial charge >= 0.3 is 0 Å². The number of aromatic nitrogens is 3. The molecule has 9 nitrogen and oxygen atoms in total. The highest BCUT2D eigenvalue weighted by atomic mass is 19.1. The van der Waals surface area contributed by atoms with Crippen LogP contribution in [0.5, 0.6) is 0 Å². The summed E-state index contributed by atoms with van der Waals surface area (Å²) in [4.78, 5) is 20.9. The molecule has 2 aliphatic rings. The summed E-state index contributed by atoms with van der Waals surface area (Å²) in [6.45, 7) is 6.73. The summed E-state index contributed by atoms with van der Waals surface area (Å²) in [5, 5.41) is 0. The van der Waals surface area contributed by atoms with Gasteiger partial charge in [0.2, 0.25) is 0 Å². The van der Waals surface area contributed by atoms with E-state index in [-0.39, 0.29) is 6.04 Å². The maximum atomic E-state index is 14.8. The summed E-state index contributed by atoms with van der Waals surface area (Å²) < 4.78 is 22.5. The Hall–Kier alpha value is -3.34. The van der Waals surface area contributed by atoms with Crippen LogP contribution in [0.25, 0.3) is 16.9 Å². The normalized spacial score (nSPS) is 21.5. The third kappa shape index (κ3) is 6.13. The van der Waals surface area contributed by atoms with Crippen molar-refractivity contribution in [1.82, 2.24) is 24.3 Å². The van der Waals surface area contributed by atoms with Crippen LogP contribution < -0.4 is 10.6 Å². The Morgan fingerprint density at radius 3 is 2.72 bits per heavy atom. The fourth-order valence-electron chi connectivity index (χ4n) is 5.41. The monoisotopic (exact) mass is 534 g/mol. The standard InChI is InChI=1S/C29H39FN8O/c1-20-6-5-7-21(16-20)23(31)8-10-32-26-17-25(38-12-14-39-15-13-38)28-29(33-26)36(4)27(34-28)19-37-11-9-24(35(2)3)22(30)18-37/h5-8,10,16-17,22,24H,9,11-15,18-19,31H2,1-4H3/b23-8-,32-10?. The quantitative estimate of drug-likeness (QED) is 0.466. The summed E-state index contributed by atoms with van der Waals surface area (Å²) in [6, 6.07) is 10.0. The lowest BCUT2D eigenvalue weighted by atomic mass is 10.0. The number of hydrogen-bond donors (Lipinski definition) is 1. The first-order valence-corrected chi connectivity index (χ1v) is 13.6. The molecule has 0 bridgehead atoms. The van der Waals surface area contributed by atoms with Crippen molar-refractivity contribution in [2.24, 2.45) is 17.8 Å². The third-order valence-electron chi connectivity index (χ3n) is 7.67. The number of morpholine rings is 1. The molecule has 1 aromatic carbocycles. The van der Waals surface area contributed by atoms with Crippen LogP contribution >= 0.6 is 0 Å². The first kappa shape index (κ1) is 27.2. The van der Waals surface area contributed by atoms with E-state index < -0.39 is 6.17 Å². The molecule has 2 fully saturated rings. The van der Waals surface area contributed by atoms with E-state index in [0.29, 0.717) is 37.8 Å². The van der Waals surface area contributed by atoms with Crippen LogP contribution in [0, 0.1) is 6.92 Å². The highest BCUT2D eigenvalue weighted by molar-refractivity contribution is 5.90. The van der Waals surface area contributed by atoms with Crippen molar-refractivity contribution in [3.05, 3.63) is 53.4 Å². The fraction of sp³-hybridized carbons (Fsp3) is 0.483. The van der Waals surface area contributed by atoms with E-state index in [2.05, 4.69) is 14.8 Å². The zero-order valence-corrected chi connectivity index (χ0v) is 23.3. The molecule has 39 heavy (non-hydrogen) atoms. The van der Waals surface area contributed by atoms with Gasteiger partial charge in [0.05, 0.1) is 25.4 Å². The molecule has 10 heteroatoms. The average molecular weight is 535 g/mol. The summed E-state index contributed by atoms with van der Waals surface area (Å²) >= 11 is 0. The van der Waals surface area contributed by atoms with Gasteiger partial charge in [-0.15, -0.1) is 0 Å². The van der Waals surface area contributed by atoms with Crippen LogP contribution in [0.1, 0.15) is 23.4 Å². The number of rotatable bonds is 7. The smallest absolute Gasteiger partial charge is 0.164 e. The lowest BCUT2D eigenvalue weighted by Gasteiger charge is -2.37. The maximum Gasteiger partial charge on any atom is 0.164 e. The molecular formula is C29H39FN8O. The number of aliphatic imine (C=N–C) groups is 1. The minimum Gasteiger partial charge on any atom is -0.398 e. The van der Waals surface area contributed by atoms with Crippen molar-refractivity contribution in [2.45, 2.75) is 32.1 Å². The zero-order chi connectivity index (χ0) is 27.5. The van der Waals surface area contributed by atoms with Crippen molar-refractivity contribution < 1.29 is 9.13 Å². The Labute approximate surface area is 229 Å². The number of piperidine rings is 1. The van der Waals surface area contributed by atoms with Gasteiger partial charge in [-0.25, -0.2) is 19.4 Å². The number of likely N-dealkylation sites (tertiary alicyclic amines) is 1. The number of benzene rings is 1. The second-order valence-electron chi connectivity index (χ2n) is 10.7. The van der Waals surface area contributed by atoms with Gasteiger partial charge in [-0.2, -0.15) is 0 Å². The van der Waals surface area contributed by atoms with Gasteiger partial charge in [0.1, 0.15) is 17.5 Å². The number of anilines is 1. The van der Waals surface area contributed by atoms with Gasteiger partial charge in [0.25, 0.3) is 0 Å². The van der Waals surface area contributed by atoms with Crippen molar-refractivity contribution >= 4 is 34.6 Å². The molecule has 2 saturated heterocycles. The molecular weight excluding hydrogens is 495 g/mol. The Morgan fingerprint density at radius 2 is 2.00 bits per heavy atom. The predicted octanol–water partition coefficient (Wildman–Crippen LogP) is 3.29. The fourth-order valence-corrected chi connectivity index (χ4v) is 5.41. The van der Waals surface area contributed by atoms with Crippen LogP contribution in [-0.4, -0.2) is 96.3 Å². The number of halogens is 1. The molecule has 2 N–H and O–H groups in total. The third-order valence-corrected chi connectivity index (χ3v) is 7.67. The predicted molar refractivity (Wildman–Crippen MR) is 155 cm³/mol. The molecule has 0 saturated carbocycles. The number of pyridine rings is 1. The number of allylic oxidation sites excluding steroid dienone is 1. The Morgan fingerprint density at radius 1 is 1.21 bits per heavy atom. The topological polar surface area (TPSA) is 88.0 Å². The molecule has 4 heterocycles. The highest BCUT2D eigenvalue weighted by Gasteiger charge is 2.31. The molecule has 0 radical (unpaired) electrons. The van der Waals surface area contributed by atoms with E-state index in [1.807, 2.05) is 67.9 Å². The van der Waals surface area contributed by atoms with E-state index >= 15 is 0 Å². The second-order valence-corrected chi connectivity index (χ2v) is 10.7. The van der Waals surface area contributed by atoms with Gasteiger partial charge in [0.15, 0.2) is 11.5 Å². The summed E-state index contributed by atoms with van der Waals surface area (Å²) in [7, 11) is 5.87. The van der Waals surface area contributed by atoms with Crippen LogP contribution in [0.4, 0.5) is 15.9 Å². The molecule has 0 spiro atoms. The molecule has 2 atom stereocenters. The van der Waals surface area contributed by atoms with Gasteiger partial charge in [-0.1, -0.05) is 23.8 Å². The van der Waals surface area contributed by atoms with Crippen LogP contribution in [-0.2, 0) is 18.3 Å². The summed E-state index contributed by atoms with van der Waals surface area (Å²) in [5.74, 6) is 1.45. The second kappa shape index (κ2) is 11.8. The number of imidazole rings is 1. The molecule has 0 amide bonds. The van der Waals surface area contributed by atoms with E-state index in [1.54, 1.807) is 12.3 Å². The van der Waals surface area contributed by atoms with Gasteiger partial charge in [0, 0.05) is 57.2 Å². The number of ether oxygens (including phenoxy) is 1. The lowest BCUT2D eigenvalue weighted by Crippen LogP contribution is -2.50. The number of alkyl halides is 1. The minimum absolute atomic E-state index is 0.0364. The average Bonchev–Trinajstić information content (AvgIpc) is 3.23. The molecule has 2 aliphatic heterocycles. The summed E-state index contributed by atoms with van der Waals surface area (Å²) in [5.41, 5.74) is 11.6. The zero-order valence-electron chi connectivity index (χ0n) is 23.3. The molecule has 2 aromatic heterocycles. The Balaban J connectivity index is 1.44. The number of hydrogen-bond acceptors (Lipinski definition) is 8. The van der Waals surface area contributed by atoms with Crippen LogP contribution in [0.2, 0.25) is 0 Å². The van der Waals surface area contributed by atoms with E-state index in [1.165, 1.54) is 0 Å². The van der Waals surface area contributed by atoms with Gasteiger partial charge < -0.3 is 24.8 Å². The number of aryl methyl sites for hydroxylation is 2. The first-order valence-electron chi connectivity index (χ1n) is 13.6. The maximum absolute atomic E-state index is 14.8. The molecule has 3 aromatic rings. The van der Waals surface area contributed by atoms with Crippen molar-refractivity contribution in [2.75, 3.05) is 58.4 Å². The largest absolute Gasteiger partial charge is 0.398 e. The Bertz CT molecular complexity index is 1360. The molecule has 2 unspecified atom stereocenters. The SMILES string of the molecule is Cc1cccc(/C(N)=C/C=Nc2cc(N3CCOCC3)c3nc(CN4CCC(N(C)C)C(F)C4)n(C)c3n2)c1. The lowest BCUT2D eigenvalue weighted by molar-refractivity contribution is 0.0530. The molecule has 0 aliphatic carbocycles. The number of nitrogens with zero attached hydrogens (tertiary/aromatic N) is 7. The van der Waals surface area contributed by atoms with Crippen molar-refractivity contribution in [3.63, 3.8) is 0 Å². The highest BCUT2D eigenvalue weighted by Crippen LogP contribution is 2.31. The van der Waals surface area contributed by atoms with Gasteiger partial charge in [-0.05, 0) is 45.1 Å². The number of nitrogens with two attached hydrogens (primary N) is 1. The van der Waals surface area contributed by atoms with E-state index in [9.17, 15) is 4.39 Å². The van der Waals surface area contributed by atoms with Crippen LogP contribution in [0.3, 0.4) is 0 Å². The van der Waals surface area contributed by atoms with Crippen LogP contribution in [0.15, 0.2) is 41.4 Å². The van der Waals surface area contributed by atoms with Gasteiger partial charge in [-0.3, -0.25) is 4.90 Å². The van der Waals surface area contributed by atoms with Crippen molar-refractivity contribution in [3.8, 4) is 0 Å². The summed E-state index contributed by atoms with van der Waals surface area (Å²) in [6.07, 6.45) is 3.41. The number of fused-ring (bicyclic) bond motifs is 1.